The first-order valence-corrected chi connectivity index (χ1v) is 8.46. The van der Waals surface area contributed by atoms with Crippen molar-refractivity contribution in [1.82, 2.24) is 19.4 Å². The molecule has 0 N–H and O–H groups in total. The summed E-state index contributed by atoms with van der Waals surface area (Å²) in [6.45, 7) is 4.35. The third kappa shape index (κ3) is 3.49. The van der Waals surface area contributed by atoms with E-state index in [1.54, 1.807) is 0 Å². The summed E-state index contributed by atoms with van der Waals surface area (Å²) in [7, 11) is 3.35. The lowest BCUT2D eigenvalue weighted by Gasteiger charge is -2.34. The zero-order valence-corrected chi connectivity index (χ0v) is 14.6. The SMILES string of the molecule is COC(=O)c1sc(N2CCN(Cc3nccn3C)CC2)nc1Cl. The first-order chi connectivity index (χ1) is 11.1. The molecule has 2 aromatic heterocycles. The van der Waals surface area contributed by atoms with Gasteiger partial charge in [0.2, 0.25) is 0 Å². The first-order valence-electron chi connectivity index (χ1n) is 7.26. The van der Waals surface area contributed by atoms with Crippen LogP contribution < -0.4 is 4.90 Å². The van der Waals surface area contributed by atoms with Gasteiger partial charge in [0.25, 0.3) is 0 Å². The molecule has 0 aromatic carbocycles. The summed E-state index contributed by atoms with van der Waals surface area (Å²) in [6, 6.07) is 0. The Balaban J connectivity index is 1.61. The molecule has 1 aliphatic rings. The van der Waals surface area contributed by atoms with Gasteiger partial charge in [-0.25, -0.2) is 14.8 Å². The minimum Gasteiger partial charge on any atom is -0.465 e. The highest BCUT2D eigenvalue weighted by atomic mass is 35.5. The molecule has 0 atom stereocenters. The average molecular weight is 356 g/mol. The van der Waals surface area contributed by atoms with Crippen molar-refractivity contribution in [3.8, 4) is 0 Å². The Hall–Kier alpha value is -1.64. The molecule has 23 heavy (non-hydrogen) atoms. The molecule has 9 heteroatoms. The van der Waals surface area contributed by atoms with Crippen molar-refractivity contribution >= 4 is 34.0 Å². The van der Waals surface area contributed by atoms with E-state index in [4.69, 9.17) is 16.3 Å². The number of rotatable bonds is 4. The van der Waals surface area contributed by atoms with E-state index in [1.807, 2.05) is 24.0 Å². The Kier molecular flexibility index (Phi) is 4.84. The number of anilines is 1. The minimum atomic E-state index is -0.438. The highest BCUT2D eigenvalue weighted by Gasteiger charge is 2.24. The van der Waals surface area contributed by atoms with Crippen LogP contribution in [0, 0.1) is 0 Å². The van der Waals surface area contributed by atoms with Crippen LogP contribution in [0.3, 0.4) is 0 Å². The maximum absolute atomic E-state index is 11.6. The van der Waals surface area contributed by atoms with Gasteiger partial charge in [0.1, 0.15) is 5.82 Å². The van der Waals surface area contributed by atoms with Crippen LogP contribution in [-0.4, -0.2) is 58.7 Å². The van der Waals surface area contributed by atoms with Gasteiger partial charge in [0.15, 0.2) is 15.2 Å². The van der Waals surface area contributed by atoms with Gasteiger partial charge in [0.05, 0.1) is 13.7 Å². The summed E-state index contributed by atoms with van der Waals surface area (Å²) < 4.78 is 6.75. The van der Waals surface area contributed by atoms with Gasteiger partial charge in [-0.3, -0.25) is 4.90 Å². The third-order valence-corrected chi connectivity index (χ3v) is 5.36. The van der Waals surface area contributed by atoms with E-state index in [9.17, 15) is 4.79 Å². The molecule has 0 bridgehead atoms. The molecular weight excluding hydrogens is 338 g/mol. The van der Waals surface area contributed by atoms with Crippen LogP contribution in [-0.2, 0) is 18.3 Å². The molecule has 0 radical (unpaired) electrons. The number of methoxy groups -OCH3 is 1. The molecule has 0 unspecified atom stereocenters. The number of ether oxygens (including phenoxy) is 1. The van der Waals surface area contributed by atoms with E-state index in [-0.39, 0.29) is 5.15 Å². The molecule has 2 aromatic rings. The van der Waals surface area contributed by atoms with Crippen molar-refractivity contribution in [3.63, 3.8) is 0 Å². The van der Waals surface area contributed by atoms with Crippen LogP contribution in [0.1, 0.15) is 15.5 Å². The van der Waals surface area contributed by atoms with Crippen LogP contribution in [0.4, 0.5) is 5.13 Å². The minimum absolute atomic E-state index is 0.215. The van der Waals surface area contributed by atoms with Crippen molar-refractivity contribution in [2.24, 2.45) is 7.05 Å². The average Bonchev–Trinajstić information content (AvgIpc) is 3.14. The van der Waals surface area contributed by atoms with Crippen LogP contribution in [0.5, 0.6) is 0 Å². The second-order valence-corrected chi connectivity index (χ2v) is 6.66. The van der Waals surface area contributed by atoms with Gasteiger partial charge < -0.3 is 14.2 Å². The fourth-order valence-corrected chi connectivity index (χ4v) is 3.74. The number of aromatic nitrogens is 3. The number of esters is 1. The van der Waals surface area contributed by atoms with Crippen LogP contribution in [0.2, 0.25) is 5.15 Å². The number of aryl methyl sites for hydroxylation is 1. The number of thiazole rings is 1. The van der Waals surface area contributed by atoms with Gasteiger partial charge in [-0.1, -0.05) is 22.9 Å². The Morgan fingerprint density at radius 3 is 2.74 bits per heavy atom. The number of piperazine rings is 1. The first kappa shape index (κ1) is 16.2. The summed E-state index contributed by atoms with van der Waals surface area (Å²) in [4.78, 5) is 25.1. The maximum Gasteiger partial charge on any atom is 0.351 e. The van der Waals surface area contributed by atoms with Crippen molar-refractivity contribution < 1.29 is 9.53 Å². The molecular formula is C14H18ClN5O2S. The molecule has 124 valence electrons. The molecule has 0 spiro atoms. The molecule has 0 amide bonds. The van der Waals surface area contributed by atoms with E-state index in [1.165, 1.54) is 18.4 Å². The van der Waals surface area contributed by atoms with Crippen molar-refractivity contribution in [2.75, 3.05) is 38.2 Å². The summed E-state index contributed by atoms with van der Waals surface area (Å²) in [5.41, 5.74) is 0. The highest BCUT2D eigenvalue weighted by molar-refractivity contribution is 7.18. The Morgan fingerprint density at radius 1 is 1.39 bits per heavy atom. The smallest absolute Gasteiger partial charge is 0.351 e. The molecule has 1 saturated heterocycles. The molecule has 1 aliphatic heterocycles. The van der Waals surface area contributed by atoms with E-state index < -0.39 is 5.97 Å². The van der Waals surface area contributed by atoms with Gasteiger partial charge in [-0.05, 0) is 0 Å². The highest BCUT2D eigenvalue weighted by Crippen LogP contribution is 2.30. The zero-order valence-electron chi connectivity index (χ0n) is 13.0. The van der Waals surface area contributed by atoms with E-state index >= 15 is 0 Å². The predicted octanol–water partition coefficient (Wildman–Crippen LogP) is 1.64. The van der Waals surface area contributed by atoms with Gasteiger partial charge in [0, 0.05) is 45.6 Å². The standard InChI is InChI=1S/C14H18ClN5O2S/c1-18-4-3-16-10(18)9-19-5-7-20(8-6-19)14-17-12(15)11(23-14)13(21)22-2/h3-4H,5-9H2,1-2H3. The van der Waals surface area contributed by atoms with E-state index in [0.29, 0.717) is 4.88 Å². The largest absolute Gasteiger partial charge is 0.465 e. The van der Waals surface area contributed by atoms with Crippen molar-refractivity contribution in [1.29, 1.82) is 0 Å². The fourth-order valence-electron chi connectivity index (χ4n) is 2.49. The van der Waals surface area contributed by atoms with Crippen LogP contribution in [0.15, 0.2) is 12.4 Å². The third-order valence-electron chi connectivity index (χ3n) is 3.87. The number of hydrogen-bond donors (Lipinski definition) is 0. The summed E-state index contributed by atoms with van der Waals surface area (Å²) >= 11 is 7.31. The lowest BCUT2D eigenvalue weighted by Crippen LogP contribution is -2.46. The monoisotopic (exact) mass is 355 g/mol. The van der Waals surface area contributed by atoms with Gasteiger partial charge in [-0.2, -0.15) is 0 Å². The number of carbonyl (C=O) groups excluding carboxylic acids is 1. The van der Waals surface area contributed by atoms with Crippen molar-refractivity contribution in [3.05, 3.63) is 28.2 Å². The zero-order chi connectivity index (χ0) is 16.4. The van der Waals surface area contributed by atoms with Crippen LogP contribution >= 0.6 is 22.9 Å². The van der Waals surface area contributed by atoms with Gasteiger partial charge in [-0.15, -0.1) is 0 Å². The number of carbonyl (C=O) groups is 1. The Morgan fingerprint density at radius 2 is 2.13 bits per heavy atom. The van der Waals surface area contributed by atoms with E-state index in [2.05, 4.69) is 19.8 Å². The summed E-state index contributed by atoms with van der Waals surface area (Å²) in [6.07, 6.45) is 3.77. The Labute approximate surface area is 143 Å². The predicted molar refractivity (Wildman–Crippen MR) is 89.2 cm³/mol. The fraction of sp³-hybridized carbons (Fsp3) is 0.500. The van der Waals surface area contributed by atoms with E-state index in [0.717, 1.165) is 43.7 Å². The normalized spacial score (nSPS) is 15.9. The molecule has 3 heterocycles. The summed E-state index contributed by atoms with van der Waals surface area (Å²) in [5.74, 6) is 0.621. The van der Waals surface area contributed by atoms with Gasteiger partial charge >= 0.3 is 5.97 Å². The maximum atomic E-state index is 11.6. The quantitative estimate of drug-likeness (QED) is 0.777. The molecule has 1 fully saturated rings. The molecule has 7 nitrogen and oxygen atoms in total. The van der Waals surface area contributed by atoms with Crippen LogP contribution in [0.25, 0.3) is 0 Å². The summed E-state index contributed by atoms with van der Waals surface area (Å²) in [5, 5.41) is 0.985. The second kappa shape index (κ2) is 6.86. The molecule has 0 saturated carbocycles. The number of halogens is 1. The number of imidazole rings is 1. The lowest BCUT2D eigenvalue weighted by atomic mass is 10.3. The number of nitrogens with zero attached hydrogens (tertiary/aromatic N) is 5. The second-order valence-electron chi connectivity index (χ2n) is 5.33. The molecule has 0 aliphatic carbocycles. The lowest BCUT2D eigenvalue weighted by molar-refractivity contribution is 0.0606. The topological polar surface area (TPSA) is 63.5 Å². The number of hydrogen-bond acceptors (Lipinski definition) is 7. The van der Waals surface area contributed by atoms with Crippen molar-refractivity contribution in [2.45, 2.75) is 6.54 Å². The molecule has 3 rings (SSSR count). The Bertz CT molecular complexity index is 693.